The van der Waals surface area contributed by atoms with Gasteiger partial charge in [0.25, 0.3) is 0 Å². The number of benzene rings is 1. The highest BCUT2D eigenvalue weighted by atomic mass is 16.2. The smallest absolute Gasteiger partial charge is 0.315 e. The monoisotopic (exact) mass is 347 g/mol. The number of urea groups is 1. The van der Waals surface area contributed by atoms with Gasteiger partial charge in [-0.25, -0.2) is 14.8 Å². The molecule has 0 radical (unpaired) electrons. The SMILES string of the molecule is O=C(NCc1ccc(-n2ccnc2)nc1)NCC1(c2ccccc2)CC1. The van der Waals surface area contributed by atoms with Crippen molar-refractivity contribution >= 4 is 6.03 Å². The lowest BCUT2D eigenvalue weighted by atomic mass is 9.96. The maximum Gasteiger partial charge on any atom is 0.315 e. The highest BCUT2D eigenvalue weighted by molar-refractivity contribution is 5.74. The van der Waals surface area contributed by atoms with Crippen LogP contribution in [0.4, 0.5) is 4.79 Å². The van der Waals surface area contributed by atoms with Crippen LogP contribution in [0.1, 0.15) is 24.0 Å². The Labute approximate surface area is 152 Å². The quantitative estimate of drug-likeness (QED) is 0.720. The number of nitrogens with one attached hydrogen (secondary N) is 2. The summed E-state index contributed by atoms with van der Waals surface area (Å²) in [5.74, 6) is 0.800. The number of nitrogens with zero attached hydrogens (tertiary/aromatic N) is 3. The molecule has 1 aliphatic rings. The van der Waals surface area contributed by atoms with Gasteiger partial charge in [0.2, 0.25) is 0 Å². The number of imidazole rings is 1. The molecule has 0 atom stereocenters. The van der Waals surface area contributed by atoms with Gasteiger partial charge in [0.1, 0.15) is 12.1 Å². The Morgan fingerprint density at radius 2 is 1.96 bits per heavy atom. The van der Waals surface area contributed by atoms with Crippen LogP contribution >= 0.6 is 0 Å². The van der Waals surface area contributed by atoms with Crippen molar-refractivity contribution in [3.05, 3.63) is 78.5 Å². The first-order valence-corrected chi connectivity index (χ1v) is 8.76. The molecule has 1 fully saturated rings. The fourth-order valence-corrected chi connectivity index (χ4v) is 3.07. The van der Waals surface area contributed by atoms with Gasteiger partial charge in [0.15, 0.2) is 0 Å². The Bertz CT molecular complexity index is 855. The fraction of sp³-hybridized carbons (Fsp3) is 0.250. The van der Waals surface area contributed by atoms with Crippen molar-refractivity contribution in [3.63, 3.8) is 0 Å². The highest BCUT2D eigenvalue weighted by Gasteiger charge is 2.44. The number of carbonyl (C=O) groups is 1. The molecule has 2 heterocycles. The van der Waals surface area contributed by atoms with Crippen LogP contribution in [0.15, 0.2) is 67.4 Å². The average molecular weight is 347 g/mol. The number of aromatic nitrogens is 3. The van der Waals surface area contributed by atoms with E-state index < -0.39 is 0 Å². The lowest BCUT2D eigenvalue weighted by Crippen LogP contribution is -2.39. The summed E-state index contributed by atoms with van der Waals surface area (Å²) in [5.41, 5.74) is 2.37. The molecule has 0 aliphatic heterocycles. The summed E-state index contributed by atoms with van der Waals surface area (Å²) >= 11 is 0. The van der Waals surface area contributed by atoms with E-state index in [4.69, 9.17) is 0 Å². The molecule has 4 rings (SSSR count). The van der Waals surface area contributed by atoms with Crippen molar-refractivity contribution in [1.82, 2.24) is 25.2 Å². The maximum absolute atomic E-state index is 12.1. The standard InChI is InChI=1S/C20H21N5O/c26-19(24-14-20(8-9-20)17-4-2-1-3-5-17)23-13-16-6-7-18(22-12-16)25-11-10-21-15-25/h1-7,10-12,15H,8-9,13-14H2,(H2,23,24,26). The molecule has 0 saturated heterocycles. The van der Waals surface area contributed by atoms with E-state index in [1.54, 1.807) is 18.7 Å². The number of rotatable bonds is 6. The van der Waals surface area contributed by atoms with E-state index in [9.17, 15) is 4.79 Å². The van der Waals surface area contributed by atoms with Crippen LogP contribution in [0.25, 0.3) is 5.82 Å². The second kappa shape index (κ2) is 7.00. The van der Waals surface area contributed by atoms with Crippen LogP contribution in [-0.2, 0) is 12.0 Å². The van der Waals surface area contributed by atoms with Gasteiger partial charge in [0.05, 0.1) is 0 Å². The van der Waals surface area contributed by atoms with Crippen LogP contribution in [0.2, 0.25) is 0 Å². The van der Waals surface area contributed by atoms with Gasteiger partial charge in [-0.05, 0) is 30.0 Å². The molecule has 0 spiro atoms. The molecule has 1 saturated carbocycles. The van der Waals surface area contributed by atoms with Gasteiger partial charge < -0.3 is 10.6 Å². The summed E-state index contributed by atoms with van der Waals surface area (Å²) in [6, 6.07) is 14.1. The number of hydrogen-bond donors (Lipinski definition) is 2. The van der Waals surface area contributed by atoms with E-state index >= 15 is 0 Å². The molecule has 0 unspecified atom stereocenters. The zero-order valence-electron chi connectivity index (χ0n) is 14.4. The molecule has 0 bridgehead atoms. The second-order valence-electron chi connectivity index (χ2n) is 6.68. The Balaban J connectivity index is 1.27. The Morgan fingerprint density at radius 3 is 2.62 bits per heavy atom. The minimum atomic E-state index is -0.147. The van der Waals surface area contributed by atoms with E-state index in [2.05, 4.69) is 44.9 Å². The van der Waals surface area contributed by atoms with Gasteiger partial charge in [0, 0.05) is 37.1 Å². The summed E-state index contributed by atoms with van der Waals surface area (Å²) in [6.45, 7) is 1.11. The van der Waals surface area contributed by atoms with Crippen molar-refractivity contribution in [1.29, 1.82) is 0 Å². The van der Waals surface area contributed by atoms with Gasteiger partial charge in [-0.2, -0.15) is 0 Å². The summed E-state index contributed by atoms with van der Waals surface area (Å²) in [5, 5.41) is 5.90. The number of carbonyl (C=O) groups excluding carboxylic acids is 1. The van der Waals surface area contributed by atoms with Crippen LogP contribution < -0.4 is 10.6 Å². The average Bonchev–Trinajstić information content (AvgIpc) is 3.29. The van der Waals surface area contributed by atoms with Crippen molar-refractivity contribution < 1.29 is 4.79 Å². The van der Waals surface area contributed by atoms with Crippen LogP contribution in [-0.4, -0.2) is 27.1 Å². The molecule has 1 aliphatic carbocycles. The first kappa shape index (κ1) is 16.3. The molecule has 1 aromatic carbocycles. The van der Waals surface area contributed by atoms with Gasteiger partial charge in [-0.15, -0.1) is 0 Å². The third-order valence-electron chi connectivity index (χ3n) is 4.86. The largest absolute Gasteiger partial charge is 0.337 e. The van der Waals surface area contributed by atoms with Crippen LogP contribution in [0, 0.1) is 0 Å². The van der Waals surface area contributed by atoms with Gasteiger partial charge >= 0.3 is 6.03 Å². The normalized spacial score (nSPS) is 14.6. The lowest BCUT2D eigenvalue weighted by Gasteiger charge is -2.17. The van der Waals surface area contributed by atoms with Crippen molar-refractivity contribution in [2.75, 3.05) is 6.54 Å². The molecule has 6 heteroatoms. The maximum atomic E-state index is 12.1. The summed E-state index contributed by atoms with van der Waals surface area (Å²) in [6.07, 6.45) is 9.27. The molecule has 3 aromatic rings. The van der Waals surface area contributed by atoms with Crippen molar-refractivity contribution in [2.45, 2.75) is 24.8 Å². The van der Waals surface area contributed by atoms with E-state index in [1.807, 2.05) is 29.0 Å². The fourth-order valence-electron chi connectivity index (χ4n) is 3.07. The third-order valence-corrected chi connectivity index (χ3v) is 4.86. The van der Waals surface area contributed by atoms with Crippen molar-refractivity contribution in [3.8, 4) is 5.82 Å². The molecule has 2 amide bonds. The van der Waals surface area contributed by atoms with Crippen LogP contribution in [0.5, 0.6) is 0 Å². The second-order valence-corrected chi connectivity index (χ2v) is 6.68. The van der Waals surface area contributed by atoms with Gasteiger partial charge in [-0.1, -0.05) is 36.4 Å². The van der Waals surface area contributed by atoms with Gasteiger partial charge in [-0.3, -0.25) is 4.57 Å². The molecule has 132 valence electrons. The Hall–Kier alpha value is -3.15. The molecular weight excluding hydrogens is 326 g/mol. The van der Waals surface area contributed by atoms with Crippen molar-refractivity contribution in [2.24, 2.45) is 0 Å². The number of hydrogen-bond acceptors (Lipinski definition) is 3. The highest BCUT2D eigenvalue weighted by Crippen LogP contribution is 2.47. The molecule has 2 N–H and O–H groups in total. The predicted octanol–water partition coefficient (Wildman–Crippen LogP) is 2.80. The predicted molar refractivity (Wildman–Crippen MR) is 99.0 cm³/mol. The number of pyridine rings is 1. The lowest BCUT2D eigenvalue weighted by molar-refractivity contribution is 0.239. The zero-order valence-corrected chi connectivity index (χ0v) is 14.4. The minimum Gasteiger partial charge on any atom is -0.337 e. The van der Waals surface area contributed by atoms with E-state index in [-0.39, 0.29) is 11.4 Å². The van der Waals surface area contributed by atoms with Crippen LogP contribution in [0.3, 0.4) is 0 Å². The Morgan fingerprint density at radius 1 is 1.12 bits per heavy atom. The molecule has 26 heavy (non-hydrogen) atoms. The summed E-state index contributed by atoms with van der Waals surface area (Å²) in [4.78, 5) is 20.5. The molecule has 2 aromatic heterocycles. The summed E-state index contributed by atoms with van der Waals surface area (Å²) < 4.78 is 1.84. The topological polar surface area (TPSA) is 71.8 Å². The molecular formula is C20H21N5O. The summed E-state index contributed by atoms with van der Waals surface area (Å²) in [7, 11) is 0. The third kappa shape index (κ3) is 3.59. The molecule has 6 nitrogen and oxygen atoms in total. The zero-order chi connectivity index (χ0) is 17.8. The number of amides is 2. The van der Waals surface area contributed by atoms with E-state index in [0.29, 0.717) is 13.1 Å². The van der Waals surface area contributed by atoms with E-state index in [1.165, 1.54) is 5.56 Å². The first-order chi connectivity index (χ1) is 12.8. The first-order valence-electron chi connectivity index (χ1n) is 8.76. The van der Waals surface area contributed by atoms with E-state index in [0.717, 1.165) is 24.2 Å². The minimum absolute atomic E-state index is 0.118. The Kier molecular flexibility index (Phi) is 4.39.